The molecule has 0 saturated carbocycles. The number of amides is 2. The Morgan fingerprint density at radius 3 is 2.89 bits per heavy atom. The molecule has 140 valence electrons. The number of fused-ring (bicyclic) bond motifs is 1. The first-order valence-corrected chi connectivity index (χ1v) is 9.12. The summed E-state index contributed by atoms with van der Waals surface area (Å²) in [5, 5.41) is 3.65. The number of rotatable bonds is 3. The monoisotopic (exact) mass is 373 g/mol. The van der Waals surface area contributed by atoms with E-state index in [1.54, 1.807) is 30.2 Å². The van der Waals surface area contributed by atoms with Crippen LogP contribution in [0.1, 0.15) is 23.7 Å². The lowest BCUT2D eigenvalue weighted by atomic mass is 10.1. The van der Waals surface area contributed by atoms with E-state index in [9.17, 15) is 9.59 Å². The van der Waals surface area contributed by atoms with E-state index in [4.69, 9.17) is 4.42 Å². The van der Waals surface area contributed by atoms with Crippen molar-refractivity contribution in [1.29, 1.82) is 0 Å². The van der Waals surface area contributed by atoms with Crippen LogP contribution in [0.15, 0.2) is 53.1 Å². The van der Waals surface area contributed by atoms with Crippen LogP contribution >= 0.6 is 0 Å². The molecule has 1 N–H and O–H groups in total. The first-order valence-electron chi connectivity index (χ1n) is 9.12. The van der Waals surface area contributed by atoms with Crippen LogP contribution < -0.4 is 5.32 Å². The molecule has 6 nitrogen and oxygen atoms in total. The Morgan fingerprint density at radius 1 is 1.25 bits per heavy atom. The van der Waals surface area contributed by atoms with Gasteiger partial charge in [0.15, 0.2) is 5.76 Å². The molecule has 1 saturated heterocycles. The van der Waals surface area contributed by atoms with Gasteiger partial charge in [-0.15, -0.1) is 0 Å². The molecule has 1 aliphatic rings. The molecule has 2 amide bonds. The van der Waals surface area contributed by atoms with Crippen molar-refractivity contribution in [2.24, 2.45) is 0 Å². The molecule has 0 bridgehead atoms. The highest BCUT2D eigenvalue weighted by Crippen LogP contribution is 2.27. The molecule has 0 aliphatic carbocycles. The second kappa shape index (κ2) is 7.57. The minimum Gasteiger partial charge on any atom is -0.463 e. The molecule has 2 aromatic heterocycles. The predicted octanol–water partition coefficient (Wildman–Crippen LogP) is 2.85. The van der Waals surface area contributed by atoms with Crippen molar-refractivity contribution in [2.75, 3.05) is 13.1 Å². The van der Waals surface area contributed by atoms with Gasteiger partial charge < -0.3 is 14.6 Å². The Hall–Kier alpha value is -3.59. The lowest BCUT2D eigenvalue weighted by Crippen LogP contribution is -2.38. The summed E-state index contributed by atoms with van der Waals surface area (Å²) in [4.78, 5) is 31.3. The third kappa shape index (κ3) is 3.47. The highest BCUT2D eigenvalue weighted by atomic mass is 16.3. The Bertz CT molecular complexity index is 1090. The molecule has 1 aliphatic heterocycles. The summed E-state index contributed by atoms with van der Waals surface area (Å²) in [5.41, 5.74) is 1.94. The maximum Gasteiger partial charge on any atom is 0.296 e. The zero-order valence-electron chi connectivity index (χ0n) is 15.4. The smallest absolute Gasteiger partial charge is 0.296 e. The van der Waals surface area contributed by atoms with Crippen molar-refractivity contribution in [3.05, 3.63) is 54.3 Å². The Balaban J connectivity index is 1.64. The minimum atomic E-state index is -0.309. The molecule has 28 heavy (non-hydrogen) atoms. The summed E-state index contributed by atoms with van der Waals surface area (Å²) in [6.07, 6.45) is 2.29. The molecule has 3 aromatic rings. The van der Waals surface area contributed by atoms with Crippen molar-refractivity contribution in [2.45, 2.75) is 19.4 Å². The van der Waals surface area contributed by atoms with Gasteiger partial charge in [0.05, 0.1) is 17.3 Å². The molecule has 4 rings (SSSR count). The molecule has 1 fully saturated rings. The number of para-hydroxylation sites is 1. The van der Waals surface area contributed by atoms with Crippen LogP contribution in [0.25, 0.3) is 22.4 Å². The van der Waals surface area contributed by atoms with Gasteiger partial charge in [0.1, 0.15) is 5.69 Å². The summed E-state index contributed by atoms with van der Waals surface area (Å²) in [6, 6.07) is 12.9. The molecule has 3 heterocycles. The lowest BCUT2D eigenvalue weighted by molar-refractivity contribution is -0.116. The van der Waals surface area contributed by atoms with Crippen LogP contribution in [-0.2, 0) is 4.79 Å². The van der Waals surface area contributed by atoms with Gasteiger partial charge in [-0.25, -0.2) is 4.98 Å². The zero-order valence-corrected chi connectivity index (χ0v) is 15.4. The minimum absolute atomic E-state index is 0.0790. The van der Waals surface area contributed by atoms with Gasteiger partial charge >= 0.3 is 0 Å². The van der Waals surface area contributed by atoms with E-state index >= 15 is 0 Å². The van der Waals surface area contributed by atoms with Crippen molar-refractivity contribution in [3.63, 3.8) is 0 Å². The third-order valence-corrected chi connectivity index (χ3v) is 4.77. The topological polar surface area (TPSA) is 75.4 Å². The number of hydrogen-bond donors (Lipinski definition) is 1. The van der Waals surface area contributed by atoms with Gasteiger partial charge in [-0.2, -0.15) is 0 Å². The number of carbonyl (C=O) groups excluding carboxylic acids is 2. The first kappa shape index (κ1) is 17.8. The van der Waals surface area contributed by atoms with Crippen molar-refractivity contribution < 1.29 is 14.0 Å². The Morgan fingerprint density at radius 2 is 2.11 bits per heavy atom. The van der Waals surface area contributed by atoms with E-state index in [0.29, 0.717) is 36.5 Å². The second-order valence-electron chi connectivity index (χ2n) is 6.63. The fourth-order valence-corrected chi connectivity index (χ4v) is 3.47. The molecule has 1 unspecified atom stereocenters. The van der Waals surface area contributed by atoms with Gasteiger partial charge in [-0.1, -0.05) is 24.1 Å². The Labute approximate surface area is 162 Å². The van der Waals surface area contributed by atoms with Gasteiger partial charge in [-0.3, -0.25) is 9.59 Å². The van der Waals surface area contributed by atoms with E-state index in [0.717, 1.165) is 10.9 Å². The number of aromatic nitrogens is 1. The van der Waals surface area contributed by atoms with Crippen molar-refractivity contribution in [3.8, 4) is 23.3 Å². The average molecular weight is 373 g/mol. The zero-order chi connectivity index (χ0) is 19.5. The number of nitrogens with one attached hydrogen (secondary N) is 1. The average Bonchev–Trinajstić information content (AvgIpc) is 3.39. The predicted molar refractivity (Wildman–Crippen MR) is 105 cm³/mol. The summed E-state index contributed by atoms with van der Waals surface area (Å²) in [6.45, 7) is 2.66. The molecule has 0 spiro atoms. The normalized spacial score (nSPS) is 15.9. The largest absolute Gasteiger partial charge is 0.463 e. The van der Waals surface area contributed by atoms with E-state index in [1.165, 1.54) is 0 Å². The van der Waals surface area contributed by atoms with Gasteiger partial charge in [0.25, 0.3) is 11.8 Å². The summed E-state index contributed by atoms with van der Waals surface area (Å²) in [7, 11) is 0. The van der Waals surface area contributed by atoms with Crippen LogP contribution in [0.3, 0.4) is 0 Å². The van der Waals surface area contributed by atoms with E-state index < -0.39 is 0 Å². The maximum atomic E-state index is 13.3. The summed E-state index contributed by atoms with van der Waals surface area (Å²) in [5.74, 6) is 5.28. The lowest BCUT2D eigenvalue weighted by Gasteiger charge is -2.18. The van der Waals surface area contributed by atoms with Crippen LogP contribution in [0.5, 0.6) is 0 Å². The fourth-order valence-electron chi connectivity index (χ4n) is 3.47. The van der Waals surface area contributed by atoms with Crippen LogP contribution in [0, 0.1) is 11.8 Å². The number of furan rings is 1. The SMILES string of the molecule is CC#CC(=O)NC1CCN(C(=O)c2cc(-c3ccco3)nc3ccccc23)C1. The second-order valence-corrected chi connectivity index (χ2v) is 6.63. The van der Waals surface area contributed by atoms with Gasteiger partial charge in [0, 0.05) is 24.5 Å². The molecule has 6 heteroatoms. The molecule has 1 aromatic carbocycles. The quantitative estimate of drug-likeness (QED) is 0.717. The van der Waals surface area contributed by atoms with E-state index in [-0.39, 0.29) is 17.9 Å². The molecular formula is C22H19N3O3. The van der Waals surface area contributed by atoms with Crippen LogP contribution in [0.4, 0.5) is 0 Å². The van der Waals surface area contributed by atoms with Gasteiger partial charge in [-0.05, 0) is 43.5 Å². The number of nitrogens with zero attached hydrogens (tertiary/aromatic N) is 2. The summed E-state index contributed by atoms with van der Waals surface area (Å²) < 4.78 is 5.46. The number of likely N-dealkylation sites (tertiary alicyclic amines) is 1. The van der Waals surface area contributed by atoms with Crippen molar-refractivity contribution in [1.82, 2.24) is 15.2 Å². The number of carbonyl (C=O) groups is 2. The molecular weight excluding hydrogens is 354 g/mol. The molecule has 0 radical (unpaired) electrons. The van der Waals surface area contributed by atoms with E-state index in [2.05, 4.69) is 22.1 Å². The Kier molecular flexibility index (Phi) is 4.81. The highest BCUT2D eigenvalue weighted by Gasteiger charge is 2.29. The highest BCUT2D eigenvalue weighted by molar-refractivity contribution is 6.07. The summed E-state index contributed by atoms with van der Waals surface area (Å²) >= 11 is 0. The number of hydrogen-bond acceptors (Lipinski definition) is 4. The maximum absolute atomic E-state index is 13.3. The van der Waals surface area contributed by atoms with Crippen molar-refractivity contribution >= 4 is 22.7 Å². The van der Waals surface area contributed by atoms with Crippen LogP contribution in [-0.4, -0.2) is 40.8 Å². The fraction of sp³-hybridized carbons (Fsp3) is 0.227. The number of pyridine rings is 1. The standard InChI is InChI=1S/C22H19N3O3/c1-2-6-21(26)23-15-10-11-25(14-15)22(27)17-13-19(20-9-5-12-28-20)24-18-8-4-3-7-16(17)18/h3-5,7-9,12-13,15H,10-11,14H2,1H3,(H,23,26). The van der Waals surface area contributed by atoms with Gasteiger partial charge in [0.2, 0.25) is 0 Å². The van der Waals surface area contributed by atoms with Crippen LogP contribution in [0.2, 0.25) is 0 Å². The number of benzene rings is 1. The molecule has 1 atom stereocenters. The third-order valence-electron chi connectivity index (χ3n) is 4.77. The first-order chi connectivity index (χ1) is 13.7. The van der Waals surface area contributed by atoms with E-state index in [1.807, 2.05) is 30.3 Å².